The second-order valence-electron chi connectivity index (χ2n) is 17.2. The van der Waals surface area contributed by atoms with Crippen LogP contribution >= 0.6 is 0 Å². The number of aliphatic hydroxyl groups excluding tert-OH is 8. The summed E-state index contributed by atoms with van der Waals surface area (Å²) in [6, 6.07) is -0.905. The lowest BCUT2D eigenvalue weighted by molar-refractivity contribution is -0.359. The van der Waals surface area contributed by atoms with E-state index >= 15 is 0 Å². The Morgan fingerprint density at radius 1 is 0.583 bits per heavy atom. The molecule has 0 aromatic heterocycles. The molecule has 12 unspecified atom stereocenters. The Morgan fingerprint density at radius 3 is 1.53 bits per heavy atom. The van der Waals surface area contributed by atoms with Crippen LogP contribution in [0.2, 0.25) is 0 Å². The molecule has 2 saturated heterocycles. The maximum absolute atomic E-state index is 13.1. The Kier molecular flexibility index (Phi) is 31.3. The van der Waals surface area contributed by atoms with Crippen LogP contribution in [0.15, 0.2) is 12.2 Å². The first-order chi connectivity index (χ1) is 29.1. The molecule has 0 aromatic rings. The van der Waals surface area contributed by atoms with Gasteiger partial charge >= 0.3 is 0 Å². The number of aliphatic hydroxyl groups is 8. The second-order valence-corrected chi connectivity index (χ2v) is 17.2. The van der Waals surface area contributed by atoms with Gasteiger partial charge in [0.25, 0.3) is 0 Å². The lowest BCUT2D eigenvalue weighted by atomic mass is 9.97. The van der Waals surface area contributed by atoms with E-state index in [4.69, 9.17) is 18.9 Å². The first-order valence-electron chi connectivity index (χ1n) is 23.9. The third kappa shape index (κ3) is 21.9. The minimum absolute atomic E-state index is 0.242. The van der Waals surface area contributed by atoms with Gasteiger partial charge in [-0.3, -0.25) is 4.79 Å². The average Bonchev–Trinajstić information content (AvgIpc) is 3.24. The van der Waals surface area contributed by atoms with Crippen LogP contribution in [0.1, 0.15) is 181 Å². The van der Waals surface area contributed by atoms with Crippen LogP contribution < -0.4 is 5.32 Å². The lowest BCUT2D eigenvalue weighted by Crippen LogP contribution is -2.65. The molecular weight excluding hydrogens is 774 g/mol. The Morgan fingerprint density at radius 2 is 1.03 bits per heavy atom. The summed E-state index contributed by atoms with van der Waals surface area (Å²) in [6.45, 7) is 2.72. The number of unbranched alkanes of at least 4 members (excludes halogenated alkanes) is 23. The fourth-order valence-electron chi connectivity index (χ4n) is 8.00. The Labute approximate surface area is 361 Å². The molecule has 2 aliphatic heterocycles. The van der Waals surface area contributed by atoms with Crippen molar-refractivity contribution in [3.63, 3.8) is 0 Å². The number of hydrogen-bond donors (Lipinski definition) is 9. The zero-order chi connectivity index (χ0) is 44.0. The fraction of sp³-hybridized carbons (Fsp3) is 0.935. The molecule has 0 bridgehead atoms. The Hall–Kier alpha value is -1.27. The van der Waals surface area contributed by atoms with Crippen molar-refractivity contribution >= 4 is 5.91 Å². The molecular formula is C46H87NO13. The van der Waals surface area contributed by atoms with Crippen molar-refractivity contribution in [2.75, 3.05) is 19.8 Å². The summed E-state index contributed by atoms with van der Waals surface area (Å²) in [7, 11) is 0. The number of rotatable bonds is 36. The molecule has 2 heterocycles. The van der Waals surface area contributed by atoms with Crippen LogP contribution in [0.4, 0.5) is 0 Å². The molecule has 14 heteroatoms. The van der Waals surface area contributed by atoms with Gasteiger partial charge in [-0.25, -0.2) is 0 Å². The summed E-state index contributed by atoms with van der Waals surface area (Å²) in [5.41, 5.74) is 0. The molecule has 0 radical (unpaired) electrons. The molecule has 60 heavy (non-hydrogen) atoms. The number of carbonyl (C=O) groups is 1. The van der Waals surface area contributed by atoms with Gasteiger partial charge in [-0.15, -0.1) is 0 Å². The Bertz CT molecular complexity index is 1070. The highest BCUT2D eigenvalue weighted by atomic mass is 16.7. The summed E-state index contributed by atoms with van der Waals surface area (Å²) in [4.78, 5) is 13.1. The van der Waals surface area contributed by atoms with Crippen molar-refractivity contribution in [3.8, 4) is 0 Å². The van der Waals surface area contributed by atoms with Gasteiger partial charge in [0.15, 0.2) is 12.6 Å². The highest BCUT2D eigenvalue weighted by Crippen LogP contribution is 2.30. The van der Waals surface area contributed by atoms with E-state index in [-0.39, 0.29) is 18.9 Å². The molecule has 0 aromatic carbocycles. The van der Waals surface area contributed by atoms with E-state index < -0.39 is 86.8 Å². The number of allylic oxidation sites excluding steroid dienone is 1. The van der Waals surface area contributed by atoms with Gasteiger partial charge in [0.1, 0.15) is 48.8 Å². The number of hydrogen-bond acceptors (Lipinski definition) is 13. The molecule has 0 saturated carbocycles. The van der Waals surface area contributed by atoms with Crippen molar-refractivity contribution in [2.24, 2.45) is 0 Å². The summed E-state index contributed by atoms with van der Waals surface area (Å²) < 4.78 is 22.6. The van der Waals surface area contributed by atoms with Crippen molar-refractivity contribution in [2.45, 2.75) is 254 Å². The summed E-state index contributed by atoms with van der Waals surface area (Å²) in [6.07, 6.45) is 17.2. The van der Waals surface area contributed by atoms with Crippen LogP contribution in [-0.4, -0.2) is 140 Å². The largest absolute Gasteiger partial charge is 0.394 e. The predicted octanol–water partition coefficient (Wildman–Crippen LogP) is 5.21. The van der Waals surface area contributed by atoms with Gasteiger partial charge in [0.05, 0.1) is 32.0 Å². The van der Waals surface area contributed by atoms with Crippen LogP contribution in [0.5, 0.6) is 0 Å². The van der Waals surface area contributed by atoms with E-state index in [0.29, 0.717) is 6.42 Å². The van der Waals surface area contributed by atoms with Crippen molar-refractivity contribution in [1.82, 2.24) is 5.32 Å². The SMILES string of the molecule is CCCCCCC/C=C/C(O)C(COC1OC(CO)C(OC2OC(CO)C(O)C(O)C2O)C(O)C1O)NC(=O)CCCCCCCCCCCCCCCCCCCCC. The quantitative estimate of drug-likeness (QED) is 0.0292. The van der Waals surface area contributed by atoms with Crippen molar-refractivity contribution < 1.29 is 64.6 Å². The fourth-order valence-corrected chi connectivity index (χ4v) is 8.00. The molecule has 0 aliphatic carbocycles. The van der Waals surface area contributed by atoms with Gasteiger partial charge in [0, 0.05) is 6.42 Å². The van der Waals surface area contributed by atoms with Gasteiger partial charge < -0.3 is 65.1 Å². The lowest BCUT2D eigenvalue weighted by Gasteiger charge is -2.46. The monoisotopic (exact) mass is 862 g/mol. The topological polar surface area (TPSA) is 228 Å². The van der Waals surface area contributed by atoms with Gasteiger partial charge in [-0.1, -0.05) is 167 Å². The molecule has 14 nitrogen and oxygen atoms in total. The van der Waals surface area contributed by atoms with Gasteiger partial charge in [-0.05, 0) is 19.3 Å². The second kappa shape index (κ2) is 34.2. The number of carbonyl (C=O) groups excluding carboxylic acids is 1. The molecule has 12 atom stereocenters. The summed E-state index contributed by atoms with van der Waals surface area (Å²) in [5, 5.41) is 86.3. The summed E-state index contributed by atoms with van der Waals surface area (Å²) in [5.74, 6) is -0.242. The third-order valence-electron chi connectivity index (χ3n) is 12.0. The molecule has 354 valence electrons. The number of ether oxygens (including phenoxy) is 4. The van der Waals surface area contributed by atoms with E-state index in [1.807, 2.05) is 6.08 Å². The maximum atomic E-state index is 13.1. The van der Waals surface area contributed by atoms with E-state index in [1.165, 1.54) is 103 Å². The van der Waals surface area contributed by atoms with E-state index in [2.05, 4.69) is 19.2 Å². The van der Waals surface area contributed by atoms with Crippen LogP contribution in [0.25, 0.3) is 0 Å². The minimum atomic E-state index is -1.78. The van der Waals surface area contributed by atoms with Crippen LogP contribution in [0.3, 0.4) is 0 Å². The molecule has 1 amide bonds. The van der Waals surface area contributed by atoms with E-state index in [9.17, 15) is 45.6 Å². The number of nitrogens with one attached hydrogen (secondary N) is 1. The summed E-state index contributed by atoms with van der Waals surface area (Å²) >= 11 is 0. The van der Waals surface area contributed by atoms with E-state index in [1.54, 1.807) is 6.08 Å². The number of amides is 1. The molecule has 2 rings (SSSR count). The third-order valence-corrected chi connectivity index (χ3v) is 12.0. The van der Waals surface area contributed by atoms with Gasteiger partial charge in [0.2, 0.25) is 5.91 Å². The van der Waals surface area contributed by atoms with Crippen LogP contribution in [-0.2, 0) is 23.7 Å². The average molecular weight is 862 g/mol. The standard InChI is InChI=1S/C46H87NO13/c1-3-5-7-9-11-12-13-14-15-16-17-18-19-20-21-22-24-26-28-30-38(51)47-34(35(50)29-27-25-23-10-8-6-4-2)33-57-45-43(56)41(54)44(37(32-49)59-45)60-46-42(55)40(53)39(52)36(31-48)58-46/h27,29,34-37,39-46,48-50,52-56H,3-26,28,30-33H2,1-2H3,(H,47,51)/b29-27+. The maximum Gasteiger partial charge on any atom is 0.220 e. The first kappa shape index (κ1) is 54.9. The zero-order valence-corrected chi connectivity index (χ0v) is 37.2. The zero-order valence-electron chi connectivity index (χ0n) is 37.2. The highest BCUT2D eigenvalue weighted by molar-refractivity contribution is 5.76. The smallest absolute Gasteiger partial charge is 0.220 e. The molecule has 2 aliphatic rings. The normalized spacial score (nSPS) is 28.3. The van der Waals surface area contributed by atoms with E-state index in [0.717, 1.165) is 51.4 Å². The van der Waals surface area contributed by atoms with Crippen molar-refractivity contribution in [1.29, 1.82) is 0 Å². The minimum Gasteiger partial charge on any atom is -0.394 e. The molecule has 9 N–H and O–H groups in total. The molecule has 0 spiro atoms. The molecule has 2 fully saturated rings. The van der Waals surface area contributed by atoms with Gasteiger partial charge in [-0.2, -0.15) is 0 Å². The first-order valence-corrected chi connectivity index (χ1v) is 23.9. The van der Waals surface area contributed by atoms with Crippen LogP contribution in [0, 0.1) is 0 Å². The van der Waals surface area contributed by atoms with Crippen molar-refractivity contribution in [3.05, 3.63) is 12.2 Å². The Balaban J connectivity index is 1.78. The highest BCUT2D eigenvalue weighted by Gasteiger charge is 2.51. The predicted molar refractivity (Wildman–Crippen MR) is 231 cm³/mol.